The lowest BCUT2D eigenvalue weighted by Gasteiger charge is -2.05. The smallest absolute Gasteiger partial charge is 0.269 e. The number of non-ortho nitro benzene ring substituents is 2. The number of benzene rings is 3. The van der Waals surface area contributed by atoms with Gasteiger partial charge in [0.1, 0.15) is 23.1 Å². The third-order valence-electron chi connectivity index (χ3n) is 7.71. The van der Waals surface area contributed by atoms with E-state index in [4.69, 9.17) is 36.4 Å². The summed E-state index contributed by atoms with van der Waals surface area (Å²) < 4.78 is 84.9. The van der Waals surface area contributed by atoms with Gasteiger partial charge in [0.15, 0.2) is 19.7 Å². The molecule has 6 aromatic rings. The Morgan fingerprint density at radius 3 is 1.15 bits per heavy atom. The fourth-order valence-electron chi connectivity index (χ4n) is 4.48. The Morgan fingerprint density at radius 2 is 0.855 bits per heavy atom. The van der Waals surface area contributed by atoms with E-state index in [1.54, 1.807) is 61.8 Å². The minimum absolute atomic E-state index is 0.0192. The van der Waals surface area contributed by atoms with Crippen molar-refractivity contribution in [2.24, 2.45) is 0 Å². The van der Waals surface area contributed by atoms with Crippen molar-refractivity contribution < 1.29 is 49.3 Å². The van der Waals surface area contributed by atoms with Crippen LogP contribution in [0.1, 0.15) is 11.4 Å². The Balaban J connectivity index is 0.000000230. The Morgan fingerprint density at radius 1 is 0.516 bits per heavy atom. The van der Waals surface area contributed by atoms with Crippen LogP contribution < -0.4 is 25.7 Å². The van der Waals surface area contributed by atoms with Crippen LogP contribution in [0.3, 0.4) is 0 Å². The van der Waals surface area contributed by atoms with Crippen LogP contribution in [0, 0.1) is 20.2 Å². The summed E-state index contributed by atoms with van der Waals surface area (Å²) in [6.45, 7) is 0. The van der Waals surface area contributed by atoms with Crippen molar-refractivity contribution in [2.75, 3.05) is 32.8 Å². The summed E-state index contributed by atoms with van der Waals surface area (Å²) >= 11 is 0. The van der Waals surface area contributed by atoms with E-state index < -0.39 is 38.6 Å². The molecule has 0 aliphatic rings. The molecule has 0 aliphatic carbocycles. The largest absolute Gasteiger partial charge is 0.495 e. The molecule has 328 valence electrons. The number of hydrogen-bond donors (Lipinski definition) is 2. The number of hydrogen-bond acceptors (Lipinski definition) is 18. The molecular weight excluding hydrogens is 894 g/mol. The van der Waals surface area contributed by atoms with Crippen molar-refractivity contribution in [3.05, 3.63) is 159 Å². The summed E-state index contributed by atoms with van der Waals surface area (Å²) in [6, 6.07) is 25.2. The molecule has 20 nitrogen and oxygen atoms in total. The van der Waals surface area contributed by atoms with Crippen LogP contribution in [0.5, 0.6) is 17.2 Å². The molecule has 0 saturated carbocycles. The predicted octanol–water partition coefficient (Wildman–Crippen LogP) is 5.81. The number of rotatable bonds is 12. The van der Waals surface area contributed by atoms with Crippen LogP contribution in [0.2, 0.25) is 0 Å². The average molecular weight is 932 g/mol. The first kappa shape index (κ1) is 49.4. The van der Waals surface area contributed by atoms with Crippen LogP contribution in [-0.2, 0) is 40.2 Å². The lowest BCUT2D eigenvalue weighted by atomic mass is 10.3. The Kier molecular flexibility index (Phi) is 18.0. The second kappa shape index (κ2) is 22.6. The van der Waals surface area contributed by atoms with Gasteiger partial charge in [-0.1, -0.05) is 0 Å². The zero-order chi connectivity index (χ0) is 46.1. The van der Waals surface area contributed by atoms with Crippen LogP contribution >= 0.6 is 10.7 Å². The van der Waals surface area contributed by atoms with Gasteiger partial charge in [-0.05, 0) is 84.9 Å². The molecule has 0 atom stereocenters. The molecule has 0 spiro atoms. The predicted molar refractivity (Wildman–Crippen MR) is 229 cm³/mol. The zero-order valence-electron chi connectivity index (χ0n) is 32.8. The molecule has 0 unspecified atom stereocenters. The molecule has 0 saturated heterocycles. The van der Waals surface area contributed by atoms with Crippen molar-refractivity contribution >= 4 is 62.3 Å². The third-order valence-corrected chi connectivity index (χ3v) is 12.4. The van der Waals surface area contributed by atoms with E-state index in [1.165, 1.54) is 50.9 Å². The van der Waals surface area contributed by atoms with Gasteiger partial charge in [0, 0.05) is 40.6 Å². The number of nitrogens with zero attached hydrogens (tertiary/aromatic N) is 5. The van der Waals surface area contributed by atoms with E-state index >= 15 is 0 Å². The number of nitro benzene ring substituents is 2. The highest BCUT2D eigenvalue weighted by molar-refractivity contribution is 8.13. The molecule has 0 amide bonds. The lowest BCUT2D eigenvalue weighted by molar-refractivity contribution is -0.385. The number of anilines is 2. The first-order valence-electron chi connectivity index (χ1n) is 17.2. The highest BCUT2D eigenvalue weighted by Gasteiger charge is 2.18. The van der Waals surface area contributed by atoms with Gasteiger partial charge in [-0.15, -0.1) is 0 Å². The topological polar surface area (TPSA) is 307 Å². The van der Waals surface area contributed by atoms with E-state index in [2.05, 4.69) is 15.0 Å². The summed E-state index contributed by atoms with van der Waals surface area (Å²) in [5.74, 6) is 1.93. The van der Waals surface area contributed by atoms with Crippen molar-refractivity contribution in [1.29, 1.82) is 0 Å². The van der Waals surface area contributed by atoms with Crippen molar-refractivity contribution in [3.63, 3.8) is 0 Å². The fraction of sp³-hybridized carbons (Fsp3) is 0.132. The van der Waals surface area contributed by atoms with Crippen LogP contribution in [-0.4, -0.2) is 71.4 Å². The first-order valence-corrected chi connectivity index (χ1v) is 22.8. The van der Waals surface area contributed by atoms with Gasteiger partial charge >= 0.3 is 0 Å². The molecule has 0 aliphatic heterocycles. The molecule has 3 heterocycles. The molecule has 0 fully saturated rings. The second-order valence-corrected chi connectivity index (χ2v) is 18.6. The van der Waals surface area contributed by atoms with E-state index in [-0.39, 0.29) is 37.6 Å². The van der Waals surface area contributed by atoms with Crippen LogP contribution in [0.25, 0.3) is 0 Å². The van der Waals surface area contributed by atoms with E-state index in [0.29, 0.717) is 34.4 Å². The summed E-state index contributed by atoms with van der Waals surface area (Å²) in [5.41, 5.74) is 11.9. The van der Waals surface area contributed by atoms with Crippen LogP contribution in [0.4, 0.5) is 22.9 Å². The minimum Gasteiger partial charge on any atom is -0.495 e. The van der Waals surface area contributed by atoms with Gasteiger partial charge in [0.05, 0.1) is 87.3 Å². The number of halogens is 1. The summed E-state index contributed by atoms with van der Waals surface area (Å²) in [5, 5.41) is 20.7. The third kappa shape index (κ3) is 15.9. The molecule has 0 radical (unpaired) electrons. The van der Waals surface area contributed by atoms with Gasteiger partial charge in [-0.25, -0.2) is 30.2 Å². The summed E-state index contributed by atoms with van der Waals surface area (Å²) in [6.07, 6.45) is 4.50. The number of methoxy groups -OCH3 is 3. The van der Waals surface area contributed by atoms with E-state index in [0.717, 1.165) is 42.1 Å². The Hall–Kier alpha value is -6.95. The monoisotopic (exact) mass is 931 g/mol. The normalized spacial score (nSPS) is 10.8. The number of nitrogen functional groups attached to an aromatic ring is 2. The average Bonchev–Trinajstić information content (AvgIpc) is 3.25. The van der Waals surface area contributed by atoms with E-state index in [9.17, 15) is 45.5 Å². The van der Waals surface area contributed by atoms with Gasteiger partial charge in [-0.3, -0.25) is 30.2 Å². The number of aromatic nitrogens is 3. The molecule has 3 aromatic heterocycles. The molecular formula is C38H38ClN7O13S3. The number of nitrogens with two attached hydrogens (primary N) is 2. The molecule has 24 heteroatoms. The summed E-state index contributed by atoms with van der Waals surface area (Å²) in [7, 11) is -1.20. The maximum atomic E-state index is 12.2. The second-order valence-electron chi connectivity index (χ2n) is 12.0. The molecule has 4 N–H and O–H groups in total. The zero-order valence-corrected chi connectivity index (χ0v) is 36.0. The fourth-order valence-corrected chi connectivity index (χ4v) is 7.81. The number of pyridine rings is 3. The Labute approximate surface area is 360 Å². The standard InChI is InChI=1S/C13H12N2O5S.C13H14N2O3S.C6H4ClNO4S.C6H8N2O/c1-20-12-5-2-10(14-8-12)9-21(18,19)13-6-3-11(4-7-13)15(16)17;1-18-12-5-4-11(15-8-12)9-19(16,17)13-6-2-10(14)3-7-13;7-13(11,12)6-3-1-5(2-4-6)8(9)10;1-9-5-2-3-6(7)8-4-5/h2-8H,9H2,1H3;2-8H,9,14H2,1H3;1-4H;2-4H,1H3,(H2,7,8). The molecule has 6 rings (SSSR count). The molecule has 62 heavy (non-hydrogen) atoms. The molecule has 0 bridgehead atoms. The van der Waals surface area contributed by atoms with E-state index in [1.807, 2.05) is 0 Å². The van der Waals surface area contributed by atoms with Crippen LogP contribution in [0.15, 0.2) is 142 Å². The van der Waals surface area contributed by atoms with Crippen molar-refractivity contribution in [1.82, 2.24) is 15.0 Å². The quantitative estimate of drug-likeness (QED) is 0.0632. The lowest BCUT2D eigenvalue weighted by Crippen LogP contribution is -2.06. The van der Waals surface area contributed by atoms with Crippen molar-refractivity contribution in [2.45, 2.75) is 26.2 Å². The minimum atomic E-state index is -3.80. The SMILES string of the molecule is COc1ccc(CS(=O)(=O)c2ccc(N)cc2)nc1.COc1ccc(CS(=O)(=O)c2ccc([N+](=O)[O-])cc2)nc1.COc1ccc(N)nc1.O=[N+]([O-])c1ccc(S(=O)(=O)Cl)cc1. The van der Waals surface area contributed by atoms with Gasteiger partial charge in [-0.2, -0.15) is 0 Å². The van der Waals surface area contributed by atoms with Gasteiger partial charge < -0.3 is 25.7 Å². The highest BCUT2D eigenvalue weighted by Crippen LogP contribution is 2.22. The number of ether oxygens (including phenoxy) is 3. The number of nitro groups is 2. The Bertz CT molecular complexity index is 2730. The van der Waals surface area contributed by atoms with Crippen molar-refractivity contribution in [3.8, 4) is 17.2 Å². The van der Waals surface area contributed by atoms with Gasteiger partial charge in [0.25, 0.3) is 20.4 Å². The maximum Gasteiger partial charge on any atom is 0.269 e. The molecule has 3 aromatic carbocycles. The number of sulfone groups is 2. The summed E-state index contributed by atoms with van der Waals surface area (Å²) in [4.78, 5) is 31.5. The maximum absolute atomic E-state index is 12.2. The van der Waals surface area contributed by atoms with Gasteiger partial charge in [0.2, 0.25) is 0 Å². The first-order chi connectivity index (χ1) is 29.2. The highest BCUT2D eigenvalue weighted by atomic mass is 35.7.